The molecule has 2 aromatic rings. The molecular formula is C23H22O6. The Bertz CT molecular complexity index is 933. The maximum atomic E-state index is 13.5. The van der Waals surface area contributed by atoms with Gasteiger partial charge in [-0.05, 0) is 23.3 Å². The minimum atomic E-state index is -0.705. The lowest BCUT2D eigenvalue weighted by Gasteiger charge is -2.28. The summed E-state index contributed by atoms with van der Waals surface area (Å²) in [7, 11) is 0. The minimum absolute atomic E-state index is 0.0852. The van der Waals surface area contributed by atoms with Gasteiger partial charge in [-0.25, -0.2) is 0 Å². The van der Waals surface area contributed by atoms with Gasteiger partial charge in [-0.15, -0.1) is 0 Å². The largest absolute Gasteiger partial charge is 0.426 e. The van der Waals surface area contributed by atoms with E-state index in [1.807, 2.05) is 0 Å². The minimum Gasteiger partial charge on any atom is -0.426 e. The summed E-state index contributed by atoms with van der Waals surface area (Å²) >= 11 is 0. The van der Waals surface area contributed by atoms with E-state index in [2.05, 4.69) is 0 Å². The molecule has 0 radical (unpaired) electrons. The number of hydrogen-bond donors (Lipinski definition) is 0. The van der Waals surface area contributed by atoms with Crippen LogP contribution in [0.2, 0.25) is 0 Å². The highest BCUT2D eigenvalue weighted by Crippen LogP contribution is 2.44. The van der Waals surface area contributed by atoms with Crippen molar-refractivity contribution in [3.8, 4) is 11.5 Å². The maximum Gasteiger partial charge on any atom is 0.310 e. The average molecular weight is 394 g/mol. The van der Waals surface area contributed by atoms with Crippen LogP contribution in [-0.2, 0) is 14.4 Å². The van der Waals surface area contributed by atoms with E-state index in [0.29, 0.717) is 11.1 Å². The Morgan fingerprint density at radius 3 is 1.59 bits per heavy atom. The van der Waals surface area contributed by atoms with Gasteiger partial charge in [-0.2, -0.15) is 0 Å². The fraction of sp³-hybridized carbons (Fsp3) is 0.304. The highest BCUT2D eigenvalue weighted by atomic mass is 16.5. The fourth-order valence-corrected chi connectivity index (χ4v) is 3.47. The molecule has 29 heavy (non-hydrogen) atoms. The molecule has 3 rings (SSSR count). The summed E-state index contributed by atoms with van der Waals surface area (Å²) in [4.78, 5) is 50.0. The molecule has 6 heteroatoms. The van der Waals surface area contributed by atoms with Crippen LogP contribution in [-0.4, -0.2) is 23.5 Å². The van der Waals surface area contributed by atoms with E-state index in [9.17, 15) is 19.2 Å². The molecular weight excluding hydrogens is 372 g/mol. The summed E-state index contributed by atoms with van der Waals surface area (Å²) in [5, 5.41) is 0. The summed E-state index contributed by atoms with van der Waals surface area (Å²) in [6, 6.07) is 9.77. The van der Waals surface area contributed by atoms with Gasteiger partial charge >= 0.3 is 11.9 Å². The van der Waals surface area contributed by atoms with Crippen molar-refractivity contribution in [2.24, 2.45) is 0 Å². The standard InChI is InChI=1S/C23H22O6/c1-4-15(24)20-13-9-7-11-16(28-18(25)5-2)21(13)23(27)22-14(20)10-8-12-17(22)29-19(26)6-3/h7-12,20H,4-6H2,1-3H3. The number of hydrogen-bond acceptors (Lipinski definition) is 6. The lowest BCUT2D eigenvalue weighted by atomic mass is 9.74. The summed E-state index contributed by atoms with van der Waals surface area (Å²) in [6.07, 6.45) is 0.548. The number of Topliss-reactive ketones (excluding diaryl/α,β-unsaturated/α-hetero) is 1. The van der Waals surface area contributed by atoms with E-state index in [1.165, 1.54) is 12.1 Å². The van der Waals surface area contributed by atoms with Crippen LogP contribution in [0.15, 0.2) is 36.4 Å². The SMILES string of the molecule is CCC(=O)Oc1cccc2c1C(=O)c1c(OC(=O)CC)cccc1C2C(=O)CC. The summed E-state index contributed by atoms with van der Waals surface area (Å²) in [5.74, 6) is -1.98. The predicted octanol–water partition coefficient (Wildman–Crippen LogP) is 3.97. The summed E-state index contributed by atoms with van der Waals surface area (Å²) in [5.41, 5.74) is 1.31. The molecule has 0 saturated carbocycles. The number of carbonyl (C=O) groups excluding carboxylic acids is 4. The molecule has 0 aliphatic heterocycles. The first-order valence-electron chi connectivity index (χ1n) is 9.67. The Morgan fingerprint density at radius 1 is 0.759 bits per heavy atom. The Balaban J connectivity index is 2.25. The Morgan fingerprint density at radius 2 is 1.21 bits per heavy atom. The van der Waals surface area contributed by atoms with Crippen LogP contribution >= 0.6 is 0 Å². The number of fused-ring (bicyclic) bond motifs is 2. The number of carbonyl (C=O) groups is 4. The molecule has 0 aromatic heterocycles. The topological polar surface area (TPSA) is 86.7 Å². The van der Waals surface area contributed by atoms with Crippen LogP contribution in [0.5, 0.6) is 11.5 Å². The molecule has 0 bridgehead atoms. The third-order valence-electron chi connectivity index (χ3n) is 4.89. The molecule has 0 N–H and O–H groups in total. The van der Waals surface area contributed by atoms with Crippen molar-refractivity contribution in [2.45, 2.75) is 46.0 Å². The number of benzene rings is 2. The van der Waals surface area contributed by atoms with Gasteiger partial charge in [0.25, 0.3) is 0 Å². The zero-order chi connectivity index (χ0) is 21.1. The average Bonchev–Trinajstić information content (AvgIpc) is 2.73. The van der Waals surface area contributed by atoms with Gasteiger partial charge in [0.1, 0.15) is 17.3 Å². The van der Waals surface area contributed by atoms with E-state index in [4.69, 9.17) is 9.47 Å². The number of rotatable bonds is 6. The van der Waals surface area contributed by atoms with Crippen molar-refractivity contribution in [1.29, 1.82) is 0 Å². The van der Waals surface area contributed by atoms with Crippen molar-refractivity contribution in [3.05, 3.63) is 58.7 Å². The third-order valence-corrected chi connectivity index (χ3v) is 4.89. The lowest BCUT2D eigenvalue weighted by molar-refractivity contribution is -0.134. The van der Waals surface area contributed by atoms with Crippen molar-refractivity contribution in [2.75, 3.05) is 0 Å². The molecule has 1 aliphatic carbocycles. The lowest BCUT2D eigenvalue weighted by Crippen LogP contribution is -2.27. The van der Waals surface area contributed by atoms with Crippen LogP contribution in [0.4, 0.5) is 0 Å². The predicted molar refractivity (Wildman–Crippen MR) is 105 cm³/mol. The van der Waals surface area contributed by atoms with Crippen LogP contribution in [0.1, 0.15) is 73.0 Å². The van der Waals surface area contributed by atoms with E-state index < -0.39 is 23.6 Å². The van der Waals surface area contributed by atoms with Crippen molar-refractivity contribution >= 4 is 23.5 Å². The fourth-order valence-electron chi connectivity index (χ4n) is 3.47. The van der Waals surface area contributed by atoms with Gasteiger partial charge in [0.05, 0.1) is 17.0 Å². The molecule has 0 atom stereocenters. The van der Waals surface area contributed by atoms with Crippen molar-refractivity contribution in [3.63, 3.8) is 0 Å². The summed E-state index contributed by atoms with van der Waals surface area (Å²) < 4.78 is 10.7. The number of ketones is 2. The molecule has 2 aromatic carbocycles. The zero-order valence-corrected chi connectivity index (χ0v) is 16.6. The molecule has 0 heterocycles. The quantitative estimate of drug-likeness (QED) is 0.544. The number of esters is 2. The smallest absolute Gasteiger partial charge is 0.310 e. The molecule has 0 unspecified atom stereocenters. The molecule has 0 amide bonds. The second-order valence-electron chi connectivity index (χ2n) is 6.68. The van der Waals surface area contributed by atoms with Crippen LogP contribution in [0.25, 0.3) is 0 Å². The highest BCUT2D eigenvalue weighted by Gasteiger charge is 2.38. The van der Waals surface area contributed by atoms with Crippen LogP contribution in [0, 0.1) is 0 Å². The highest BCUT2D eigenvalue weighted by molar-refractivity contribution is 6.18. The van der Waals surface area contributed by atoms with Gasteiger partial charge in [-0.1, -0.05) is 45.0 Å². The van der Waals surface area contributed by atoms with Crippen LogP contribution in [0.3, 0.4) is 0 Å². The van der Waals surface area contributed by atoms with Crippen LogP contribution < -0.4 is 9.47 Å². The van der Waals surface area contributed by atoms with Gasteiger partial charge < -0.3 is 9.47 Å². The first-order valence-corrected chi connectivity index (χ1v) is 9.67. The van der Waals surface area contributed by atoms with E-state index in [-0.39, 0.29) is 47.7 Å². The first kappa shape index (κ1) is 20.5. The molecule has 6 nitrogen and oxygen atoms in total. The maximum absolute atomic E-state index is 13.5. The molecule has 0 fully saturated rings. The van der Waals surface area contributed by atoms with Gasteiger partial charge in [-0.3, -0.25) is 19.2 Å². The second-order valence-corrected chi connectivity index (χ2v) is 6.68. The Labute approximate surface area is 168 Å². The van der Waals surface area contributed by atoms with Crippen molar-refractivity contribution < 1.29 is 28.7 Å². The monoisotopic (exact) mass is 394 g/mol. The second kappa shape index (κ2) is 8.39. The van der Waals surface area contributed by atoms with Crippen molar-refractivity contribution in [1.82, 2.24) is 0 Å². The van der Waals surface area contributed by atoms with E-state index >= 15 is 0 Å². The third kappa shape index (κ3) is 3.70. The van der Waals surface area contributed by atoms with Gasteiger partial charge in [0.2, 0.25) is 5.78 Å². The molecule has 150 valence electrons. The van der Waals surface area contributed by atoms with E-state index in [0.717, 1.165) is 0 Å². The normalized spacial score (nSPS) is 12.7. The Hall–Kier alpha value is -3.28. The zero-order valence-electron chi connectivity index (χ0n) is 16.6. The van der Waals surface area contributed by atoms with Gasteiger partial charge in [0, 0.05) is 19.3 Å². The molecule has 1 aliphatic rings. The first-order chi connectivity index (χ1) is 13.9. The molecule has 0 saturated heterocycles. The Kier molecular flexibility index (Phi) is 5.92. The summed E-state index contributed by atoms with van der Waals surface area (Å²) in [6.45, 7) is 5.06. The van der Waals surface area contributed by atoms with E-state index in [1.54, 1.807) is 45.0 Å². The van der Waals surface area contributed by atoms with Gasteiger partial charge in [0.15, 0.2) is 0 Å². The number of ether oxygens (including phenoxy) is 2. The molecule has 0 spiro atoms.